The van der Waals surface area contributed by atoms with E-state index >= 15 is 0 Å². The van der Waals surface area contributed by atoms with E-state index in [1.807, 2.05) is 0 Å². The Bertz CT molecular complexity index is 603. The third-order valence-electron chi connectivity index (χ3n) is 2.26. The first-order chi connectivity index (χ1) is 9.38. The lowest BCUT2D eigenvalue weighted by molar-refractivity contribution is -0.385. The Balaban J connectivity index is 2.83. The van der Waals surface area contributed by atoms with Crippen LogP contribution in [-0.2, 0) is 14.8 Å². The van der Waals surface area contributed by atoms with E-state index in [1.54, 1.807) is 0 Å². The van der Waals surface area contributed by atoms with Gasteiger partial charge in [-0.2, -0.15) is 0 Å². The average molecular weight is 321 g/mol. The van der Waals surface area contributed by atoms with E-state index < -0.39 is 14.9 Å². The summed E-state index contributed by atoms with van der Waals surface area (Å²) in [4.78, 5) is 9.64. The van der Waals surface area contributed by atoms with Crippen molar-refractivity contribution < 1.29 is 18.1 Å². The maximum absolute atomic E-state index is 12.0. The molecule has 9 heteroatoms. The number of nitro groups is 1. The van der Waals surface area contributed by atoms with E-state index in [4.69, 9.17) is 16.3 Å². The molecule has 7 nitrogen and oxygen atoms in total. The fourth-order valence-corrected chi connectivity index (χ4v) is 2.93. The molecule has 0 bridgehead atoms. The van der Waals surface area contributed by atoms with Crippen LogP contribution in [0.5, 0.6) is 0 Å². The topological polar surface area (TPSA) is 98.5 Å². The Morgan fingerprint density at radius 3 is 2.80 bits per heavy atom. The Morgan fingerprint density at radius 2 is 2.20 bits per heavy atom. The molecule has 1 aromatic carbocycles. The van der Waals surface area contributed by atoms with Crippen molar-refractivity contribution in [2.24, 2.45) is 0 Å². The molecular weight excluding hydrogens is 308 g/mol. The minimum atomic E-state index is -3.90. The van der Waals surface area contributed by atoms with Crippen molar-refractivity contribution in [2.75, 3.05) is 13.2 Å². The molecule has 0 amide bonds. The highest BCUT2D eigenvalue weighted by atomic mass is 35.5. The molecule has 0 aliphatic rings. The summed E-state index contributed by atoms with van der Waals surface area (Å²) in [6.07, 6.45) is 1.68. The van der Waals surface area contributed by atoms with Gasteiger partial charge in [0.05, 0.1) is 22.8 Å². The van der Waals surface area contributed by atoms with Crippen molar-refractivity contribution in [3.63, 3.8) is 0 Å². The van der Waals surface area contributed by atoms with Crippen LogP contribution in [0.1, 0.15) is 6.42 Å². The molecule has 0 heterocycles. The molecule has 0 saturated heterocycles. The van der Waals surface area contributed by atoms with Crippen LogP contribution < -0.4 is 4.72 Å². The Hall–Kier alpha value is -1.64. The standard InChI is InChI=1S/C11H13ClN2O5S/c1-2-19-7-3-6-13-20(17,18)11-8-9(14(15)16)4-5-10(11)12/h2,4-5,8,13H,1,3,6-7H2. The molecule has 0 aliphatic carbocycles. The molecule has 0 radical (unpaired) electrons. The van der Waals surface area contributed by atoms with E-state index in [2.05, 4.69) is 11.3 Å². The fourth-order valence-electron chi connectivity index (χ4n) is 1.33. The predicted molar refractivity (Wildman–Crippen MR) is 74.1 cm³/mol. The molecule has 0 aromatic heterocycles. The largest absolute Gasteiger partial charge is 0.502 e. The van der Waals surface area contributed by atoms with Crippen molar-refractivity contribution in [2.45, 2.75) is 11.3 Å². The lowest BCUT2D eigenvalue weighted by atomic mass is 10.3. The van der Waals surface area contributed by atoms with Crippen LogP contribution >= 0.6 is 11.6 Å². The SMILES string of the molecule is C=COCCCNS(=O)(=O)c1cc([N+](=O)[O-])ccc1Cl. The van der Waals surface area contributed by atoms with Gasteiger partial charge >= 0.3 is 0 Å². The second-order valence-electron chi connectivity index (χ2n) is 3.66. The number of nitro benzene ring substituents is 1. The molecule has 1 rings (SSSR count). The van der Waals surface area contributed by atoms with Crippen LogP contribution in [0.25, 0.3) is 0 Å². The number of hydrogen-bond acceptors (Lipinski definition) is 5. The third kappa shape index (κ3) is 4.48. The zero-order valence-electron chi connectivity index (χ0n) is 10.4. The normalized spacial score (nSPS) is 11.1. The summed E-state index contributed by atoms with van der Waals surface area (Å²) < 4.78 is 31.1. The first-order valence-electron chi connectivity index (χ1n) is 5.54. The van der Waals surface area contributed by atoms with E-state index in [1.165, 1.54) is 12.3 Å². The second kappa shape index (κ2) is 7.22. The van der Waals surface area contributed by atoms with Crippen molar-refractivity contribution in [3.8, 4) is 0 Å². The maximum Gasteiger partial charge on any atom is 0.270 e. The van der Waals surface area contributed by atoms with Gasteiger partial charge in [0.1, 0.15) is 4.90 Å². The van der Waals surface area contributed by atoms with Gasteiger partial charge in [-0.15, -0.1) is 0 Å². The van der Waals surface area contributed by atoms with Gasteiger partial charge < -0.3 is 4.74 Å². The number of non-ortho nitro benzene ring substituents is 1. The Morgan fingerprint density at radius 1 is 1.50 bits per heavy atom. The molecule has 1 N–H and O–H groups in total. The van der Waals surface area contributed by atoms with Gasteiger partial charge in [-0.1, -0.05) is 18.2 Å². The molecule has 110 valence electrons. The van der Waals surface area contributed by atoms with Gasteiger partial charge in [-0.05, 0) is 12.5 Å². The Labute approximate surface area is 121 Å². The molecule has 0 aliphatic heterocycles. The number of sulfonamides is 1. The third-order valence-corrected chi connectivity index (χ3v) is 4.21. The number of hydrogen-bond donors (Lipinski definition) is 1. The first-order valence-corrected chi connectivity index (χ1v) is 7.40. The zero-order chi connectivity index (χ0) is 15.2. The molecule has 0 saturated carbocycles. The van der Waals surface area contributed by atoms with Gasteiger partial charge in [-0.3, -0.25) is 10.1 Å². The number of ether oxygens (including phenoxy) is 1. The number of rotatable bonds is 8. The maximum atomic E-state index is 12.0. The van der Waals surface area contributed by atoms with Crippen LogP contribution in [0, 0.1) is 10.1 Å². The zero-order valence-corrected chi connectivity index (χ0v) is 12.0. The van der Waals surface area contributed by atoms with E-state index in [0.29, 0.717) is 13.0 Å². The highest BCUT2D eigenvalue weighted by Gasteiger charge is 2.21. The van der Waals surface area contributed by atoms with E-state index in [-0.39, 0.29) is 22.2 Å². The van der Waals surface area contributed by atoms with Crippen LogP contribution in [0.2, 0.25) is 5.02 Å². The summed E-state index contributed by atoms with van der Waals surface area (Å²) in [7, 11) is -3.90. The molecule has 20 heavy (non-hydrogen) atoms. The number of halogens is 1. The Kier molecular flexibility index (Phi) is 5.93. The molecule has 0 atom stereocenters. The summed E-state index contributed by atoms with van der Waals surface area (Å²) in [6.45, 7) is 3.78. The lowest BCUT2D eigenvalue weighted by Crippen LogP contribution is -2.25. The molecule has 0 spiro atoms. The molecule has 1 aromatic rings. The molecular formula is C11H13ClN2O5S. The van der Waals surface area contributed by atoms with E-state index in [9.17, 15) is 18.5 Å². The minimum absolute atomic E-state index is 0.0783. The number of nitrogens with one attached hydrogen (secondary N) is 1. The summed E-state index contributed by atoms with van der Waals surface area (Å²) >= 11 is 5.77. The average Bonchev–Trinajstić information content (AvgIpc) is 2.38. The van der Waals surface area contributed by atoms with Crippen LogP contribution in [0.3, 0.4) is 0 Å². The number of benzene rings is 1. The predicted octanol–water partition coefficient (Wildman–Crippen LogP) is 2.08. The van der Waals surface area contributed by atoms with Crippen molar-refractivity contribution >= 4 is 27.3 Å². The highest BCUT2D eigenvalue weighted by Crippen LogP contribution is 2.25. The summed E-state index contributed by atoms with van der Waals surface area (Å²) in [5.41, 5.74) is -0.343. The van der Waals surface area contributed by atoms with E-state index in [0.717, 1.165) is 12.1 Å². The minimum Gasteiger partial charge on any atom is -0.502 e. The fraction of sp³-hybridized carbons (Fsp3) is 0.273. The van der Waals surface area contributed by atoms with Crippen LogP contribution in [-0.4, -0.2) is 26.5 Å². The van der Waals surface area contributed by atoms with Gasteiger partial charge in [0.25, 0.3) is 5.69 Å². The summed E-state index contributed by atoms with van der Waals surface area (Å²) in [5.74, 6) is 0. The highest BCUT2D eigenvalue weighted by molar-refractivity contribution is 7.89. The van der Waals surface area contributed by atoms with Crippen molar-refractivity contribution in [3.05, 3.63) is 46.2 Å². The first kappa shape index (κ1) is 16.4. The lowest BCUT2D eigenvalue weighted by Gasteiger charge is -2.08. The monoisotopic (exact) mass is 320 g/mol. The quantitative estimate of drug-likeness (QED) is 0.342. The van der Waals surface area contributed by atoms with Crippen LogP contribution in [0.15, 0.2) is 35.9 Å². The smallest absolute Gasteiger partial charge is 0.270 e. The van der Waals surface area contributed by atoms with Crippen LogP contribution in [0.4, 0.5) is 5.69 Å². The second-order valence-corrected chi connectivity index (χ2v) is 5.80. The van der Waals surface area contributed by atoms with Crippen molar-refractivity contribution in [1.29, 1.82) is 0 Å². The van der Waals surface area contributed by atoms with Crippen molar-refractivity contribution in [1.82, 2.24) is 4.72 Å². The van der Waals surface area contributed by atoms with Gasteiger partial charge in [0.2, 0.25) is 10.0 Å². The van der Waals surface area contributed by atoms with Gasteiger partial charge in [0.15, 0.2) is 0 Å². The molecule has 0 fully saturated rings. The number of nitrogens with zero attached hydrogens (tertiary/aromatic N) is 1. The molecule has 0 unspecified atom stereocenters. The van der Waals surface area contributed by atoms with Gasteiger partial charge in [0, 0.05) is 18.7 Å². The summed E-state index contributed by atoms with van der Waals surface area (Å²) in [6, 6.07) is 3.24. The summed E-state index contributed by atoms with van der Waals surface area (Å²) in [5, 5.41) is 10.6. The van der Waals surface area contributed by atoms with Gasteiger partial charge in [-0.25, -0.2) is 13.1 Å².